The fourth-order valence-electron chi connectivity index (χ4n) is 4.83. The Bertz CT molecular complexity index is 1370. The van der Waals surface area contributed by atoms with Crippen molar-refractivity contribution in [2.45, 2.75) is 39.7 Å². The third-order valence-electron chi connectivity index (χ3n) is 6.80. The van der Waals surface area contributed by atoms with Crippen molar-refractivity contribution in [2.24, 2.45) is 0 Å². The first kappa shape index (κ1) is 27.8. The summed E-state index contributed by atoms with van der Waals surface area (Å²) in [4.78, 5) is 30.5. The summed E-state index contributed by atoms with van der Waals surface area (Å²) in [5.74, 6) is -0.121. The second-order valence-electron chi connectivity index (χ2n) is 9.92. The first-order chi connectivity index (χ1) is 18.7. The number of Topliss-reactive ketones (excluding diaryl/α,β-unsaturated/α-hetero) is 1. The van der Waals surface area contributed by atoms with Gasteiger partial charge in [0, 0.05) is 31.0 Å². The molecule has 4 rings (SSSR count). The predicted molar refractivity (Wildman–Crippen MR) is 155 cm³/mol. The molecule has 0 spiro atoms. The molecule has 39 heavy (non-hydrogen) atoms. The van der Waals surface area contributed by atoms with Crippen molar-refractivity contribution >= 4 is 28.8 Å². The average molecular weight is 529 g/mol. The minimum Gasteiger partial charge on any atom is -0.507 e. The van der Waals surface area contributed by atoms with Crippen LogP contribution in [0.2, 0.25) is 0 Å². The fourth-order valence-corrected chi connectivity index (χ4v) is 4.83. The summed E-state index contributed by atoms with van der Waals surface area (Å²) in [5, 5.41) is 11.6. The number of rotatable bonds is 9. The van der Waals surface area contributed by atoms with Gasteiger partial charge in [0.1, 0.15) is 17.3 Å². The van der Waals surface area contributed by atoms with Gasteiger partial charge in [0.05, 0.1) is 24.8 Å². The highest BCUT2D eigenvalue weighted by atomic mass is 16.5. The van der Waals surface area contributed by atoms with E-state index in [1.54, 1.807) is 36.4 Å². The van der Waals surface area contributed by atoms with Crippen LogP contribution in [0.4, 0.5) is 11.4 Å². The smallest absolute Gasteiger partial charge is 0.300 e. The highest BCUT2D eigenvalue weighted by molar-refractivity contribution is 6.51. The van der Waals surface area contributed by atoms with Crippen molar-refractivity contribution in [3.05, 3.63) is 89.0 Å². The molecule has 204 valence electrons. The molecule has 1 unspecified atom stereocenters. The third kappa shape index (κ3) is 5.48. The van der Waals surface area contributed by atoms with Gasteiger partial charge in [-0.3, -0.25) is 14.5 Å². The number of anilines is 2. The van der Waals surface area contributed by atoms with Crippen LogP contribution in [0.1, 0.15) is 56.3 Å². The van der Waals surface area contributed by atoms with Gasteiger partial charge in [0.2, 0.25) is 0 Å². The van der Waals surface area contributed by atoms with E-state index in [0.717, 1.165) is 17.0 Å². The molecule has 7 nitrogen and oxygen atoms in total. The molecule has 1 aliphatic heterocycles. The molecule has 1 heterocycles. The van der Waals surface area contributed by atoms with Gasteiger partial charge in [-0.2, -0.15) is 0 Å². The standard InChI is InChI=1S/C32H36N2O5/c1-7-38-25-16-14-24(15-17-25)34-29(21-9-12-23(13-10-21)33(5)6)28(31(36)32(34)37)30(35)22-11-18-27(39-8-2)26(19-22)20(3)4/h9-20,29,35H,7-8H2,1-6H3/b30-28-. The second-order valence-corrected chi connectivity index (χ2v) is 9.92. The summed E-state index contributed by atoms with van der Waals surface area (Å²) in [6.07, 6.45) is 0. The van der Waals surface area contributed by atoms with Gasteiger partial charge in [-0.15, -0.1) is 0 Å². The molecule has 1 N–H and O–H groups in total. The van der Waals surface area contributed by atoms with Crippen LogP contribution in [-0.2, 0) is 9.59 Å². The van der Waals surface area contributed by atoms with Gasteiger partial charge in [-0.05, 0) is 85.5 Å². The molecule has 0 radical (unpaired) electrons. The van der Waals surface area contributed by atoms with Crippen LogP contribution >= 0.6 is 0 Å². The Labute approximate surface area is 230 Å². The van der Waals surface area contributed by atoms with Crippen molar-refractivity contribution in [1.29, 1.82) is 0 Å². The Morgan fingerprint density at radius 2 is 1.56 bits per heavy atom. The van der Waals surface area contributed by atoms with Crippen LogP contribution in [0.25, 0.3) is 5.76 Å². The first-order valence-electron chi connectivity index (χ1n) is 13.3. The molecule has 0 aliphatic carbocycles. The number of aliphatic hydroxyl groups is 1. The topological polar surface area (TPSA) is 79.3 Å². The lowest BCUT2D eigenvalue weighted by Gasteiger charge is -2.26. The molecular weight excluding hydrogens is 492 g/mol. The number of carbonyl (C=O) groups excluding carboxylic acids is 2. The molecule has 1 atom stereocenters. The Morgan fingerprint density at radius 1 is 0.923 bits per heavy atom. The van der Waals surface area contributed by atoms with Gasteiger partial charge < -0.3 is 19.5 Å². The van der Waals surface area contributed by atoms with Gasteiger partial charge in [-0.1, -0.05) is 26.0 Å². The second kappa shape index (κ2) is 11.6. The maximum atomic E-state index is 13.6. The molecule has 3 aromatic rings. The monoisotopic (exact) mass is 528 g/mol. The van der Waals surface area contributed by atoms with Crippen LogP contribution in [0.5, 0.6) is 11.5 Å². The highest BCUT2D eigenvalue weighted by Crippen LogP contribution is 2.43. The Hall–Kier alpha value is -4.26. The SMILES string of the molecule is CCOc1ccc(N2C(=O)C(=O)/C(=C(\O)c3ccc(OCC)c(C(C)C)c3)C2c2ccc(N(C)C)cc2)cc1. The maximum absolute atomic E-state index is 13.6. The number of ketones is 1. The summed E-state index contributed by atoms with van der Waals surface area (Å²) < 4.78 is 11.3. The fraction of sp³-hybridized carbons (Fsp3) is 0.312. The zero-order chi connectivity index (χ0) is 28.3. The van der Waals surface area contributed by atoms with E-state index in [2.05, 4.69) is 0 Å². The van der Waals surface area contributed by atoms with Crippen LogP contribution < -0.4 is 19.3 Å². The minimum absolute atomic E-state index is 0.0466. The summed E-state index contributed by atoms with van der Waals surface area (Å²) in [6.45, 7) is 8.93. The van der Waals surface area contributed by atoms with Crippen molar-refractivity contribution in [1.82, 2.24) is 0 Å². The highest BCUT2D eigenvalue weighted by Gasteiger charge is 2.47. The molecule has 3 aromatic carbocycles. The summed E-state index contributed by atoms with van der Waals surface area (Å²) in [7, 11) is 3.89. The van der Waals surface area contributed by atoms with Crippen LogP contribution in [-0.4, -0.2) is 44.1 Å². The lowest BCUT2D eigenvalue weighted by Crippen LogP contribution is -2.29. The van der Waals surface area contributed by atoms with E-state index in [9.17, 15) is 14.7 Å². The van der Waals surface area contributed by atoms with E-state index >= 15 is 0 Å². The zero-order valence-electron chi connectivity index (χ0n) is 23.4. The van der Waals surface area contributed by atoms with E-state index in [1.165, 1.54) is 4.90 Å². The van der Waals surface area contributed by atoms with Gasteiger partial charge in [-0.25, -0.2) is 0 Å². The van der Waals surface area contributed by atoms with Crippen LogP contribution in [0.15, 0.2) is 72.3 Å². The molecule has 7 heteroatoms. The number of carbonyl (C=O) groups is 2. The zero-order valence-corrected chi connectivity index (χ0v) is 23.4. The molecule has 0 aromatic heterocycles. The van der Waals surface area contributed by atoms with Crippen molar-refractivity contribution in [3.8, 4) is 11.5 Å². The number of amides is 1. The number of hydrogen-bond donors (Lipinski definition) is 1. The van der Waals surface area contributed by atoms with E-state index in [4.69, 9.17) is 9.47 Å². The van der Waals surface area contributed by atoms with Crippen LogP contribution in [0, 0.1) is 0 Å². The normalized spacial score (nSPS) is 16.6. The summed E-state index contributed by atoms with van der Waals surface area (Å²) >= 11 is 0. The Balaban J connectivity index is 1.89. The molecule has 0 bridgehead atoms. The molecule has 1 amide bonds. The number of aliphatic hydroxyl groups excluding tert-OH is 1. The van der Waals surface area contributed by atoms with Gasteiger partial charge in [0.15, 0.2) is 0 Å². The average Bonchev–Trinajstić information content (AvgIpc) is 3.19. The molecule has 1 aliphatic rings. The van der Waals surface area contributed by atoms with E-state index in [0.29, 0.717) is 35.8 Å². The maximum Gasteiger partial charge on any atom is 0.300 e. The molecule has 0 saturated carbocycles. The third-order valence-corrected chi connectivity index (χ3v) is 6.80. The van der Waals surface area contributed by atoms with Crippen LogP contribution in [0.3, 0.4) is 0 Å². The largest absolute Gasteiger partial charge is 0.507 e. The lowest BCUT2D eigenvalue weighted by molar-refractivity contribution is -0.132. The first-order valence-corrected chi connectivity index (χ1v) is 13.3. The van der Waals surface area contributed by atoms with E-state index < -0.39 is 17.7 Å². The molecular formula is C32H36N2O5. The van der Waals surface area contributed by atoms with Crippen molar-refractivity contribution < 1.29 is 24.2 Å². The van der Waals surface area contributed by atoms with Crippen molar-refractivity contribution in [2.75, 3.05) is 37.1 Å². The van der Waals surface area contributed by atoms with E-state index in [1.807, 2.05) is 77.0 Å². The lowest BCUT2D eigenvalue weighted by atomic mass is 9.93. The Morgan fingerprint density at radius 3 is 2.13 bits per heavy atom. The predicted octanol–water partition coefficient (Wildman–Crippen LogP) is 6.30. The summed E-state index contributed by atoms with van der Waals surface area (Å²) in [5.41, 5.74) is 3.65. The number of nitrogens with zero attached hydrogens (tertiary/aromatic N) is 2. The van der Waals surface area contributed by atoms with Crippen molar-refractivity contribution in [3.63, 3.8) is 0 Å². The number of ether oxygens (including phenoxy) is 2. The molecule has 1 fully saturated rings. The molecule has 1 saturated heterocycles. The van der Waals surface area contributed by atoms with Gasteiger partial charge in [0.25, 0.3) is 11.7 Å². The Kier molecular flexibility index (Phi) is 8.29. The number of benzene rings is 3. The van der Waals surface area contributed by atoms with Gasteiger partial charge >= 0.3 is 0 Å². The minimum atomic E-state index is -0.812. The number of hydrogen-bond acceptors (Lipinski definition) is 6. The quantitative estimate of drug-likeness (QED) is 0.200. The van der Waals surface area contributed by atoms with E-state index in [-0.39, 0.29) is 17.3 Å². The summed E-state index contributed by atoms with van der Waals surface area (Å²) in [6, 6.07) is 19.2.